The van der Waals surface area contributed by atoms with Gasteiger partial charge < -0.3 is 10.5 Å². The first-order valence-electron chi connectivity index (χ1n) is 8.35. The van der Waals surface area contributed by atoms with Crippen LogP contribution in [0, 0.1) is 0 Å². The predicted octanol–water partition coefficient (Wildman–Crippen LogP) is 2.46. The number of nitrogens with one attached hydrogen (secondary N) is 1. The molecule has 0 amide bonds. The van der Waals surface area contributed by atoms with Gasteiger partial charge in [0.15, 0.2) is 6.04 Å². The van der Waals surface area contributed by atoms with Gasteiger partial charge in [0, 0.05) is 17.4 Å². The van der Waals surface area contributed by atoms with Gasteiger partial charge >= 0.3 is 0 Å². The van der Waals surface area contributed by atoms with Gasteiger partial charge in [-0.3, -0.25) is 5.43 Å². The van der Waals surface area contributed by atoms with E-state index in [-0.39, 0.29) is 6.04 Å². The average Bonchev–Trinajstić information content (AvgIpc) is 3.12. The molecule has 0 spiro atoms. The van der Waals surface area contributed by atoms with Crippen molar-refractivity contribution in [3.8, 4) is 5.75 Å². The fourth-order valence-corrected chi connectivity index (χ4v) is 3.62. The summed E-state index contributed by atoms with van der Waals surface area (Å²) in [6.07, 6.45) is 0.812. The second-order valence-corrected chi connectivity index (χ2v) is 6.89. The summed E-state index contributed by atoms with van der Waals surface area (Å²) in [6.45, 7) is 0. The van der Waals surface area contributed by atoms with Crippen LogP contribution in [-0.4, -0.2) is 22.0 Å². The Hall–Kier alpha value is -2.77. The molecule has 132 valence electrons. The predicted molar refractivity (Wildman–Crippen MR) is 102 cm³/mol. The molecule has 0 saturated heterocycles. The molecule has 3 aromatic rings. The maximum absolute atomic E-state index is 5.23. The van der Waals surface area contributed by atoms with Crippen molar-refractivity contribution in [3.05, 3.63) is 77.0 Å². The Morgan fingerprint density at radius 1 is 1.12 bits per heavy atom. The van der Waals surface area contributed by atoms with Crippen LogP contribution in [0.2, 0.25) is 0 Å². The third-order valence-corrected chi connectivity index (χ3v) is 5.09. The van der Waals surface area contributed by atoms with Crippen LogP contribution in [0.5, 0.6) is 5.75 Å². The summed E-state index contributed by atoms with van der Waals surface area (Å²) in [5.41, 5.74) is 11.0. The van der Waals surface area contributed by atoms with Crippen LogP contribution in [0.15, 0.2) is 65.2 Å². The van der Waals surface area contributed by atoms with Crippen molar-refractivity contribution in [1.82, 2.24) is 14.9 Å². The van der Waals surface area contributed by atoms with Crippen molar-refractivity contribution in [3.63, 3.8) is 0 Å². The number of hydrogen-bond donors (Lipinski definition) is 2. The van der Waals surface area contributed by atoms with Gasteiger partial charge in [-0.05, 0) is 29.8 Å². The van der Waals surface area contributed by atoms with E-state index in [0.29, 0.717) is 0 Å². The van der Waals surface area contributed by atoms with Crippen molar-refractivity contribution in [2.45, 2.75) is 17.6 Å². The molecule has 1 atom stereocenters. The third-order valence-electron chi connectivity index (χ3n) is 4.26. The molecule has 6 nitrogen and oxygen atoms in total. The molecule has 0 unspecified atom stereocenters. The van der Waals surface area contributed by atoms with E-state index in [1.54, 1.807) is 18.9 Å². The van der Waals surface area contributed by atoms with Gasteiger partial charge in [-0.1, -0.05) is 42.1 Å². The number of quaternary nitrogens is 1. The number of ether oxygens (including phenoxy) is 1. The quantitative estimate of drug-likeness (QED) is 0.725. The van der Waals surface area contributed by atoms with Gasteiger partial charge in [-0.2, -0.15) is 0 Å². The van der Waals surface area contributed by atoms with Crippen molar-refractivity contribution in [1.29, 1.82) is 0 Å². The molecule has 1 aromatic heterocycles. The first-order valence-corrected chi connectivity index (χ1v) is 9.23. The average molecular weight is 366 g/mol. The van der Waals surface area contributed by atoms with Crippen molar-refractivity contribution < 1.29 is 10.5 Å². The van der Waals surface area contributed by atoms with E-state index in [4.69, 9.17) is 4.74 Å². The fraction of sp³-hybridized carbons (Fsp3) is 0.158. The minimum atomic E-state index is 0.00182. The molecular formula is C19H20N5OS+. The zero-order chi connectivity index (χ0) is 17.9. The highest BCUT2D eigenvalue weighted by molar-refractivity contribution is 8.02. The van der Waals surface area contributed by atoms with Crippen LogP contribution in [-0.2, 0) is 6.42 Å². The van der Waals surface area contributed by atoms with Crippen molar-refractivity contribution in [2.24, 2.45) is 0 Å². The number of benzene rings is 2. The van der Waals surface area contributed by atoms with E-state index in [0.717, 1.165) is 34.4 Å². The zero-order valence-electron chi connectivity index (χ0n) is 14.4. The summed E-state index contributed by atoms with van der Waals surface area (Å²) in [5, 5.41) is 11.5. The smallest absolute Gasteiger partial charge is 0.214 e. The molecule has 2 aromatic carbocycles. The minimum Gasteiger partial charge on any atom is -0.497 e. The number of methoxy groups -OCH3 is 1. The number of hydrogen-bond acceptors (Lipinski definition) is 5. The van der Waals surface area contributed by atoms with E-state index in [9.17, 15) is 0 Å². The molecule has 0 radical (unpaired) electrons. The summed E-state index contributed by atoms with van der Waals surface area (Å²) >= 11 is 1.55. The summed E-state index contributed by atoms with van der Waals surface area (Å²) < 4.78 is 7.16. The highest BCUT2D eigenvalue weighted by Gasteiger charge is 2.24. The van der Waals surface area contributed by atoms with Crippen LogP contribution in [0.25, 0.3) is 5.70 Å². The second-order valence-electron chi connectivity index (χ2n) is 6.05. The lowest BCUT2D eigenvalue weighted by molar-refractivity contribution is -0.428. The minimum absolute atomic E-state index is 0.00182. The van der Waals surface area contributed by atoms with Crippen LogP contribution < -0.4 is 15.9 Å². The Morgan fingerprint density at radius 2 is 1.88 bits per heavy atom. The first-order chi connectivity index (χ1) is 12.7. The van der Waals surface area contributed by atoms with Crippen LogP contribution in [0.3, 0.4) is 0 Å². The second kappa shape index (κ2) is 7.23. The van der Waals surface area contributed by atoms with Crippen molar-refractivity contribution >= 4 is 17.5 Å². The topological polar surface area (TPSA) is 79.6 Å². The number of rotatable bonds is 5. The summed E-state index contributed by atoms with van der Waals surface area (Å²) in [6, 6.07) is 18.3. The Bertz CT molecular complexity index is 921. The molecule has 1 aliphatic rings. The number of thioether (sulfide) groups is 1. The summed E-state index contributed by atoms with van der Waals surface area (Å²) in [7, 11) is 1.67. The first kappa shape index (κ1) is 16.7. The lowest BCUT2D eigenvalue weighted by atomic mass is 10.1. The molecule has 26 heavy (non-hydrogen) atoms. The Morgan fingerprint density at radius 3 is 2.62 bits per heavy atom. The van der Waals surface area contributed by atoms with E-state index >= 15 is 0 Å². The maximum atomic E-state index is 5.23. The highest BCUT2D eigenvalue weighted by Crippen LogP contribution is 2.30. The van der Waals surface area contributed by atoms with E-state index in [1.165, 1.54) is 5.56 Å². The molecule has 0 saturated carbocycles. The standard InChI is InChI=1S/C19H19N5OS/c1-25-15-9-7-14(8-10-15)17-12-26-19-22-21-18(24(19)23-17)16(20)11-13-5-3-2-4-6-13/h2-10,12,16,23H,11,20H2,1H3/p+1/t16-/m0/s1. The lowest BCUT2D eigenvalue weighted by Crippen LogP contribution is -2.56. The number of nitrogens with zero attached hydrogens (tertiary/aromatic N) is 3. The van der Waals surface area contributed by atoms with E-state index in [1.807, 2.05) is 52.5 Å². The van der Waals surface area contributed by atoms with Crippen LogP contribution in [0.4, 0.5) is 0 Å². The lowest BCUT2D eigenvalue weighted by Gasteiger charge is -2.20. The maximum Gasteiger partial charge on any atom is 0.214 e. The van der Waals surface area contributed by atoms with Gasteiger partial charge in [-0.25, -0.2) is 4.68 Å². The fourth-order valence-electron chi connectivity index (χ4n) is 2.88. The van der Waals surface area contributed by atoms with Gasteiger partial charge in [0.1, 0.15) is 5.75 Å². The molecule has 2 heterocycles. The van der Waals surface area contributed by atoms with Gasteiger partial charge in [-0.15, -0.1) is 10.2 Å². The van der Waals surface area contributed by atoms with E-state index in [2.05, 4.69) is 33.5 Å². The molecule has 1 aliphatic heterocycles. The monoisotopic (exact) mass is 366 g/mol. The zero-order valence-corrected chi connectivity index (χ0v) is 15.2. The summed E-state index contributed by atoms with van der Waals surface area (Å²) in [5.74, 6) is 1.67. The molecule has 0 fully saturated rings. The molecule has 4 N–H and O–H groups in total. The molecule has 4 rings (SSSR count). The summed E-state index contributed by atoms with van der Waals surface area (Å²) in [4.78, 5) is 0. The van der Waals surface area contributed by atoms with Crippen LogP contribution in [0.1, 0.15) is 23.0 Å². The van der Waals surface area contributed by atoms with Crippen LogP contribution >= 0.6 is 11.8 Å². The van der Waals surface area contributed by atoms with Crippen molar-refractivity contribution in [2.75, 3.05) is 12.5 Å². The number of aromatic nitrogens is 3. The molecule has 7 heteroatoms. The SMILES string of the molecule is COc1ccc(C2=CSc3nnc([C@@H]([NH3+])Cc4ccccc4)n3N2)cc1. The largest absolute Gasteiger partial charge is 0.497 e. The van der Waals surface area contributed by atoms with Gasteiger partial charge in [0.05, 0.1) is 12.8 Å². The Balaban J connectivity index is 1.55. The molecule has 0 bridgehead atoms. The molecular weight excluding hydrogens is 346 g/mol. The number of fused-ring (bicyclic) bond motifs is 1. The van der Waals surface area contributed by atoms with E-state index < -0.39 is 0 Å². The molecule has 0 aliphatic carbocycles. The Kier molecular flexibility index (Phi) is 4.64. The Labute approximate surface area is 156 Å². The van der Waals surface area contributed by atoms with Gasteiger partial charge in [0.25, 0.3) is 0 Å². The third kappa shape index (κ3) is 3.31. The highest BCUT2D eigenvalue weighted by atomic mass is 32.2. The van der Waals surface area contributed by atoms with Gasteiger partial charge in [0.2, 0.25) is 11.0 Å². The normalized spacial score (nSPS) is 14.2.